The molecule has 0 fully saturated rings. The highest BCUT2D eigenvalue weighted by atomic mass is 16.2. The van der Waals surface area contributed by atoms with Crippen molar-refractivity contribution in [2.24, 2.45) is 5.73 Å². The summed E-state index contributed by atoms with van der Waals surface area (Å²) >= 11 is 0. The molecule has 1 aromatic carbocycles. The maximum atomic E-state index is 12.9. The number of nitrogens with two attached hydrogens (primary N) is 1. The van der Waals surface area contributed by atoms with E-state index in [4.69, 9.17) is 5.73 Å². The van der Waals surface area contributed by atoms with Crippen LogP contribution in [0.1, 0.15) is 48.2 Å². The average molecular weight is 402 g/mol. The molecular formula is C21H30N4O4. The van der Waals surface area contributed by atoms with Crippen molar-refractivity contribution >= 4 is 23.4 Å². The Morgan fingerprint density at radius 2 is 1.97 bits per heavy atom. The number of fused-ring (bicyclic) bond motifs is 1. The number of benzene rings is 1. The molecular weight excluding hydrogens is 372 g/mol. The monoisotopic (exact) mass is 402 g/mol. The minimum Gasteiger partial charge on any atom is -0.351 e. The number of Topliss-reactive ketones (excluding diaryl/α,β-unsaturated/α-hetero) is 2. The van der Waals surface area contributed by atoms with E-state index in [9.17, 15) is 19.2 Å². The molecule has 2 amide bonds. The Balaban J connectivity index is 2.15. The van der Waals surface area contributed by atoms with E-state index in [1.165, 1.54) is 11.8 Å². The van der Waals surface area contributed by atoms with Crippen LogP contribution in [-0.2, 0) is 27.5 Å². The molecule has 0 aliphatic carbocycles. The zero-order chi connectivity index (χ0) is 21.7. The lowest BCUT2D eigenvalue weighted by atomic mass is 10.0. The van der Waals surface area contributed by atoms with Gasteiger partial charge in [0, 0.05) is 25.1 Å². The highest BCUT2D eigenvalue weighted by Gasteiger charge is 2.36. The lowest BCUT2D eigenvalue weighted by Gasteiger charge is -2.25. The van der Waals surface area contributed by atoms with Crippen molar-refractivity contribution in [1.29, 1.82) is 0 Å². The number of amides is 2. The van der Waals surface area contributed by atoms with Gasteiger partial charge in [-0.25, -0.2) is 0 Å². The van der Waals surface area contributed by atoms with Crippen molar-refractivity contribution in [3.63, 3.8) is 0 Å². The number of ketones is 2. The molecule has 158 valence electrons. The Hall–Kier alpha value is -2.58. The molecule has 0 spiro atoms. The normalized spacial score (nSPS) is 15.2. The fourth-order valence-corrected chi connectivity index (χ4v) is 3.46. The largest absolute Gasteiger partial charge is 0.351 e. The van der Waals surface area contributed by atoms with Crippen LogP contribution in [0.3, 0.4) is 0 Å². The van der Waals surface area contributed by atoms with Gasteiger partial charge in [-0.15, -0.1) is 0 Å². The molecule has 2 unspecified atom stereocenters. The molecule has 8 nitrogen and oxygen atoms in total. The standard InChI is InChI=1S/C21H30N4O4/c1-13(22)19(27)9-8-18(14(2)26)25-11-17-15(6-5-7-16(17)21(25)29)10-23-20(28)12-24(3)4/h5-7,13,18H,8-12,22H2,1-4H3,(H,23,28). The van der Waals surface area contributed by atoms with Crippen LogP contribution < -0.4 is 11.1 Å². The van der Waals surface area contributed by atoms with Gasteiger partial charge in [0.25, 0.3) is 5.91 Å². The topological polar surface area (TPSA) is 113 Å². The minimum absolute atomic E-state index is 0.107. The smallest absolute Gasteiger partial charge is 0.255 e. The van der Waals surface area contributed by atoms with Crippen molar-refractivity contribution in [3.8, 4) is 0 Å². The number of hydrogen-bond donors (Lipinski definition) is 2. The molecule has 0 radical (unpaired) electrons. The molecule has 1 aliphatic rings. The Morgan fingerprint density at radius 3 is 2.55 bits per heavy atom. The first-order valence-corrected chi connectivity index (χ1v) is 9.73. The lowest BCUT2D eigenvalue weighted by Crippen LogP contribution is -2.41. The predicted octanol–water partition coefficient (Wildman–Crippen LogP) is 0.474. The van der Waals surface area contributed by atoms with E-state index < -0.39 is 12.1 Å². The number of carbonyl (C=O) groups excluding carboxylic acids is 4. The molecule has 2 atom stereocenters. The fourth-order valence-electron chi connectivity index (χ4n) is 3.46. The van der Waals surface area contributed by atoms with E-state index in [0.717, 1.165) is 11.1 Å². The van der Waals surface area contributed by atoms with E-state index in [0.29, 0.717) is 12.1 Å². The molecule has 1 aromatic rings. The zero-order valence-corrected chi connectivity index (χ0v) is 17.5. The van der Waals surface area contributed by atoms with Crippen LogP contribution in [0.5, 0.6) is 0 Å². The summed E-state index contributed by atoms with van der Waals surface area (Å²) < 4.78 is 0. The molecule has 0 bridgehead atoms. The molecule has 1 heterocycles. The summed E-state index contributed by atoms with van der Waals surface area (Å²) in [6, 6.07) is 4.11. The number of nitrogens with one attached hydrogen (secondary N) is 1. The van der Waals surface area contributed by atoms with Crippen molar-refractivity contribution in [1.82, 2.24) is 15.1 Å². The quantitative estimate of drug-likeness (QED) is 0.588. The van der Waals surface area contributed by atoms with Crippen LogP contribution in [0.4, 0.5) is 0 Å². The molecule has 2 rings (SSSR count). The van der Waals surface area contributed by atoms with Gasteiger partial charge in [-0.05, 0) is 51.6 Å². The van der Waals surface area contributed by atoms with Crippen LogP contribution in [0.25, 0.3) is 0 Å². The van der Waals surface area contributed by atoms with Gasteiger partial charge in [0.1, 0.15) is 5.78 Å². The first-order chi connectivity index (χ1) is 13.6. The number of carbonyl (C=O) groups is 4. The van der Waals surface area contributed by atoms with Crippen molar-refractivity contribution in [3.05, 3.63) is 34.9 Å². The number of nitrogens with zero attached hydrogens (tertiary/aromatic N) is 2. The molecule has 8 heteroatoms. The summed E-state index contributed by atoms with van der Waals surface area (Å²) in [6.45, 7) is 3.91. The van der Waals surface area contributed by atoms with E-state index in [1.807, 2.05) is 20.2 Å². The third kappa shape index (κ3) is 5.71. The average Bonchev–Trinajstić information content (AvgIpc) is 2.96. The summed E-state index contributed by atoms with van der Waals surface area (Å²) in [5.41, 5.74) is 7.80. The summed E-state index contributed by atoms with van der Waals surface area (Å²) in [4.78, 5) is 52.3. The third-order valence-electron chi connectivity index (χ3n) is 5.05. The van der Waals surface area contributed by atoms with Crippen molar-refractivity contribution < 1.29 is 19.2 Å². The van der Waals surface area contributed by atoms with E-state index in [1.54, 1.807) is 24.0 Å². The Bertz CT molecular complexity index is 804. The Kier molecular flexibility index (Phi) is 7.64. The van der Waals surface area contributed by atoms with Gasteiger partial charge in [0.05, 0.1) is 18.6 Å². The molecule has 29 heavy (non-hydrogen) atoms. The van der Waals surface area contributed by atoms with Crippen LogP contribution in [0.2, 0.25) is 0 Å². The van der Waals surface area contributed by atoms with Crippen molar-refractivity contribution in [2.75, 3.05) is 20.6 Å². The third-order valence-corrected chi connectivity index (χ3v) is 5.05. The first kappa shape index (κ1) is 22.7. The van der Waals surface area contributed by atoms with Gasteiger partial charge in [0.2, 0.25) is 5.91 Å². The molecule has 0 aromatic heterocycles. The van der Waals surface area contributed by atoms with Gasteiger partial charge in [-0.2, -0.15) is 0 Å². The molecule has 0 saturated heterocycles. The van der Waals surface area contributed by atoms with Crippen LogP contribution >= 0.6 is 0 Å². The molecule has 3 N–H and O–H groups in total. The summed E-state index contributed by atoms with van der Waals surface area (Å²) in [5, 5.41) is 2.86. The van der Waals surface area contributed by atoms with Gasteiger partial charge in [-0.3, -0.25) is 19.2 Å². The number of hydrogen-bond acceptors (Lipinski definition) is 6. The summed E-state index contributed by atoms with van der Waals surface area (Å²) in [6.07, 6.45) is 0.403. The maximum absolute atomic E-state index is 12.9. The predicted molar refractivity (Wildman–Crippen MR) is 109 cm³/mol. The zero-order valence-electron chi connectivity index (χ0n) is 17.5. The highest BCUT2D eigenvalue weighted by Crippen LogP contribution is 2.29. The molecule has 0 saturated carbocycles. The second-order valence-corrected chi connectivity index (χ2v) is 7.81. The summed E-state index contributed by atoms with van der Waals surface area (Å²) in [7, 11) is 3.63. The van der Waals surface area contributed by atoms with Gasteiger partial charge in [0.15, 0.2) is 5.78 Å². The second kappa shape index (κ2) is 9.76. The number of likely N-dealkylation sites (N-methyl/N-ethyl adjacent to an activating group) is 1. The number of rotatable bonds is 10. The van der Waals surface area contributed by atoms with E-state index in [-0.39, 0.29) is 49.3 Å². The SMILES string of the molecule is CC(=O)C(CCC(=O)C(C)N)N1Cc2c(CNC(=O)CN(C)C)cccc2C1=O. The van der Waals surface area contributed by atoms with Crippen LogP contribution in [0, 0.1) is 0 Å². The lowest BCUT2D eigenvalue weighted by molar-refractivity contribution is -0.123. The molecule has 1 aliphatic heterocycles. The first-order valence-electron chi connectivity index (χ1n) is 9.73. The van der Waals surface area contributed by atoms with Gasteiger partial charge < -0.3 is 20.9 Å². The second-order valence-electron chi connectivity index (χ2n) is 7.81. The minimum atomic E-state index is -0.672. The Labute approximate surface area is 171 Å². The van der Waals surface area contributed by atoms with Gasteiger partial charge in [-0.1, -0.05) is 12.1 Å². The van der Waals surface area contributed by atoms with Crippen molar-refractivity contribution in [2.45, 2.75) is 51.9 Å². The maximum Gasteiger partial charge on any atom is 0.255 e. The van der Waals surface area contributed by atoms with E-state index >= 15 is 0 Å². The van der Waals surface area contributed by atoms with Gasteiger partial charge >= 0.3 is 0 Å². The highest BCUT2D eigenvalue weighted by molar-refractivity contribution is 6.01. The summed E-state index contributed by atoms with van der Waals surface area (Å²) in [5.74, 6) is -0.631. The van der Waals surface area contributed by atoms with E-state index in [2.05, 4.69) is 5.32 Å². The fraction of sp³-hybridized carbons (Fsp3) is 0.524. The van der Waals surface area contributed by atoms with Crippen LogP contribution in [0.15, 0.2) is 18.2 Å². The van der Waals surface area contributed by atoms with Crippen LogP contribution in [-0.4, -0.2) is 65.9 Å². The Morgan fingerprint density at radius 1 is 1.28 bits per heavy atom.